The van der Waals surface area contributed by atoms with Gasteiger partial charge in [0.05, 0.1) is 0 Å². The Balaban J connectivity index is 0.989. The molecule has 14 aromatic rings. The summed E-state index contributed by atoms with van der Waals surface area (Å²) < 4.78 is 107. The number of rotatable bonds is 9. The molecule has 0 radical (unpaired) electrons. The van der Waals surface area contributed by atoms with Crippen LogP contribution in [0.25, 0.3) is 111 Å². The predicted octanol–water partition coefficient (Wildman–Crippen LogP) is 17.8. The van der Waals surface area contributed by atoms with E-state index in [0.717, 1.165) is 66.1 Å². The molecule has 77 heavy (non-hydrogen) atoms. The molecule has 0 spiro atoms. The number of benzene rings is 10. The summed E-state index contributed by atoms with van der Waals surface area (Å²) in [5.41, 5.74) is 8.72. The van der Waals surface area contributed by atoms with E-state index in [4.69, 9.17) is 17.9 Å². The first kappa shape index (κ1) is 36.8. The normalized spacial score (nSPS) is 13.7. The summed E-state index contributed by atoms with van der Waals surface area (Å²) in [5.74, 6) is 1.52. The molecule has 0 fully saturated rings. The van der Waals surface area contributed by atoms with Crippen molar-refractivity contribution >= 4 is 54.6 Å². The third-order valence-electron chi connectivity index (χ3n) is 14.2. The number of ether oxygens (including phenoxy) is 1. The molecule has 0 unspecified atom stereocenters. The molecule has 14 rings (SSSR count). The molecule has 0 bridgehead atoms. The van der Waals surface area contributed by atoms with Gasteiger partial charge in [-0.3, -0.25) is 0 Å². The Morgan fingerprint density at radius 3 is 1.61 bits per heavy atom. The summed E-state index contributed by atoms with van der Waals surface area (Å²) >= 11 is 2.18. The van der Waals surface area contributed by atoms with Gasteiger partial charge in [0.1, 0.15) is 0 Å². The Morgan fingerprint density at radius 1 is 0.468 bits per heavy atom. The Bertz CT molecular complexity index is 5090. The molecule has 0 amide bonds. The van der Waals surface area contributed by atoms with Gasteiger partial charge in [-0.1, -0.05) is 63.2 Å². The second-order valence-electron chi connectivity index (χ2n) is 19.8. The molecule has 4 aromatic heterocycles. The van der Waals surface area contributed by atoms with Crippen LogP contribution in [0.5, 0.6) is 11.5 Å². The van der Waals surface area contributed by atoms with Crippen LogP contribution in [0, 0.1) is 15.9 Å². The summed E-state index contributed by atoms with van der Waals surface area (Å²) in [6.45, 7) is 6.62. The van der Waals surface area contributed by atoms with Crippen LogP contribution in [0.4, 0.5) is 0 Å². The van der Waals surface area contributed by atoms with Gasteiger partial charge in [0.25, 0.3) is 0 Å². The fourth-order valence-corrected chi connectivity index (χ4v) is 11.9. The fraction of sp³-hybridized carbons (Fsp3) is 0.0571. The number of para-hydroxylation sites is 5. The summed E-state index contributed by atoms with van der Waals surface area (Å²) in [4.78, 5) is 5.11. The van der Waals surface area contributed by atoms with Crippen LogP contribution in [0.3, 0.4) is 0 Å². The Labute approximate surface area is 471 Å². The molecule has 0 N–H and O–H groups in total. The van der Waals surface area contributed by atoms with Crippen molar-refractivity contribution in [1.29, 1.82) is 0 Å². The summed E-state index contributed by atoms with van der Waals surface area (Å²) in [5, 5.41) is 3.83. The standard InChI is InChI=1S/C70H49N5O.Pt/c1-70(2,3)61-44-68(71-45-60(61)49-26-11-6-12-27-49)75-64-35-18-15-32-56(64)57-39-38-53(43-67(57)75)76-52-29-21-28-50(40-52)72-46-73(66-37-20-19-36-65(66)72)69-58(47-22-7-4-8-23-47)41-51(42-59(69)48-24-9-5-10-25-48)74-62-33-16-13-30-54(62)55-31-14-17-34-63(55)74;/h4-39,41-42,44-45H,1-3H3;/q-2;/i4D,5D,7D,8D,9D,10D,22D,23D,24D,25D;. The zero-order valence-corrected chi connectivity index (χ0v) is 44.1. The van der Waals surface area contributed by atoms with Crippen molar-refractivity contribution in [3.63, 3.8) is 0 Å². The first-order valence-corrected chi connectivity index (χ1v) is 26.3. The van der Waals surface area contributed by atoms with Gasteiger partial charge >= 0.3 is 382 Å². The quantitative estimate of drug-likeness (QED) is 0.135. The van der Waals surface area contributed by atoms with E-state index in [-0.39, 0.29) is 33.4 Å². The molecule has 0 aliphatic heterocycles. The summed E-state index contributed by atoms with van der Waals surface area (Å²) in [6.07, 6.45) is 1.96. The van der Waals surface area contributed by atoms with E-state index in [2.05, 4.69) is 87.2 Å². The fourth-order valence-electron chi connectivity index (χ4n) is 10.8. The Hall–Kier alpha value is -9.09. The van der Waals surface area contributed by atoms with Crippen molar-refractivity contribution in [3.8, 4) is 67.8 Å². The molecule has 10 aromatic carbocycles. The molecule has 6 nitrogen and oxygen atoms in total. The number of hydrogen-bond donors (Lipinski definition) is 0. The number of hydrogen-bond acceptors (Lipinski definition) is 2. The number of nitrogens with zero attached hydrogens (tertiary/aromatic N) is 5. The van der Waals surface area contributed by atoms with Crippen LogP contribution in [0.15, 0.2) is 243 Å². The molecular formula is C70H49N5OPt-2. The first-order valence-electron chi connectivity index (χ1n) is 30.1. The molecule has 372 valence electrons. The van der Waals surface area contributed by atoms with Gasteiger partial charge in [0, 0.05) is 11.8 Å². The van der Waals surface area contributed by atoms with Gasteiger partial charge in [-0.05, 0) is 16.5 Å². The van der Waals surface area contributed by atoms with Crippen molar-refractivity contribution in [2.75, 3.05) is 0 Å². The molecule has 0 saturated carbocycles. The Kier molecular flexibility index (Phi) is 8.90. The van der Waals surface area contributed by atoms with Gasteiger partial charge < -0.3 is 0 Å². The van der Waals surface area contributed by atoms with E-state index in [1.807, 2.05) is 153 Å². The second-order valence-corrected chi connectivity index (χ2v) is 20.8. The molecule has 4 heterocycles. The number of imidazole rings is 1. The van der Waals surface area contributed by atoms with Gasteiger partial charge in [0.2, 0.25) is 0 Å². The van der Waals surface area contributed by atoms with Gasteiger partial charge in [-0.15, -0.1) is 0 Å². The third-order valence-corrected chi connectivity index (χ3v) is 15.2. The summed E-state index contributed by atoms with van der Waals surface area (Å²) in [7, 11) is 0. The number of aromatic nitrogens is 5. The molecular weight excluding hydrogens is 1120 g/mol. The average Bonchev–Trinajstić information content (AvgIpc) is 1.71. The van der Waals surface area contributed by atoms with Crippen molar-refractivity contribution in [2.45, 2.75) is 26.2 Å². The van der Waals surface area contributed by atoms with E-state index in [1.165, 1.54) is 0 Å². The molecule has 0 aliphatic rings. The molecule has 0 aliphatic carbocycles. The van der Waals surface area contributed by atoms with E-state index in [9.17, 15) is 5.48 Å². The minimum atomic E-state index is -0.586. The SMILES string of the molecule is [2H]c1c([2H])c([2H])c(-c2cc(-n3c4ccccc4c4ccccc43)cc(-c3c([2H])c([2H])c([2H])c([2H])c3[2H])c2-n2[c](=[Pt])n(-c3[c-]c(Oc4[c-]c5c(cc4)c4ccccc4n5-c4cc(C(C)(C)C)c(-c5ccccc5)cn4)ccc3)c3ccccc32)c([2H])c1[2H]. The van der Waals surface area contributed by atoms with Crippen molar-refractivity contribution < 1.29 is 37.8 Å². The Morgan fingerprint density at radius 2 is 1.00 bits per heavy atom. The van der Waals surface area contributed by atoms with E-state index in [0.29, 0.717) is 37.7 Å². The van der Waals surface area contributed by atoms with E-state index < -0.39 is 60.4 Å². The van der Waals surface area contributed by atoms with Crippen LogP contribution in [-0.2, 0) is 24.8 Å². The van der Waals surface area contributed by atoms with Gasteiger partial charge in [0.15, 0.2) is 0 Å². The monoisotopic (exact) mass is 1180 g/mol. The average molecular weight is 1180 g/mol. The molecule has 0 atom stereocenters. The number of fused-ring (bicyclic) bond motifs is 7. The van der Waals surface area contributed by atoms with E-state index in [1.54, 1.807) is 12.1 Å². The van der Waals surface area contributed by atoms with Gasteiger partial charge in [-0.2, -0.15) is 0 Å². The van der Waals surface area contributed by atoms with Crippen molar-refractivity contribution in [3.05, 3.63) is 264 Å². The number of pyridine rings is 1. The first-order chi connectivity index (χ1) is 41.9. The van der Waals surface area contributed by atoms with Gasteiger partial charge in [-0.25, -0.2) is 0 Å². The van der Waals surface area contributed by atoms with E-state index >= 15 is 0 Å². The summed E-state index contributed by atoms with van der Waals surface area (Å²) in [6, 6.07) is 58.6. The maximum absolute atomic E-state index is 9.58. The maximum atomic E-state index is 9.58. The van der Waals surface area contributed by atoms with Crippen LogP contribution in [0.2, 0.25) is 0 Å². The topological polar surface area (TPSA) is 41.8 Å². The minimum absolute atomic E-state index is 0.140. The zero-order chi connectivity index (χ0) is 60.5. The third kappa shape index (κ3) is 7.90. The second kappa shape index (κ2) is 18.6. The predicted molar refractivity (Wildman–Crippen MR) is 312 cm³/mol. The van der Waals surface area contributed by atoms with Crippen LogP contribution in [-0.4, -0.2) is 23.3 Å². The van der Waals surface area contributed by atoms with Crippen LogP contribution < -0.4 is 4.74 Å². The zero-order valence-electron chi connectivity index (χ0n) is 51.8. The molecule has 7 heteroatoms. The van der Waals surface area contributed by atoms with Crippen molar-refractivity contribution in [1.82, 2.24) is 23.3 Å². The molecule has 0 saturated heterocycles. The van der Waals surface area contributed by atoms with Crippen LogP contribution >= 0.6 is 0 Å². The van der Waals surface area contributed by atoms with Crippen molar-refractivity contribution in [2.24, 2.45) is 0 Å². The van der Waals surface area contributed by atoms with Crippen LogP contribution in [0.1, 0.15) is 40.0 Å².